The Labute approximate surface area is 665 Å². The Morgan fingerprint density at radius 3 is 0.794 bits per heavy atom. The molecule has 0 saturated carbocycles. The van der Waals surface area contributed by atoms with Gasteiger partial charge in [0.1, 0.15) is 13.2 Å². The number of carboxylic acids is 1. The van der Waals surface area contributed by atoms with E-state index in [1.54, 1.807) is 0 Å². The van der Waals surface area contributed by atoms with Crippen LogP contribution in [-0.2, 0) is 33.3 Å². The van der Waals surface area contributed by atoms with Crippen LogP contribution >= 0.6 is 0 Å². The topological polar surface area (TPSA) is 111 Å². The van der Waals surface area contributed by atoms with Crippen molar-refractivity contribution < 1.29 is 42.9 Å². The fourth-order valence-corrected chi connectivity index (χ4v) is 14.1. The Hall–Kier alpha value is -3.53. The summed E-state index contributed by atoms with van der Waals surface area (Å²) in [5.41, 5.74) is 0. The van der Waals surface area contributed by atoms with Crippen molar-refractivity contribution in [3.8, 4) is 0 Å². The van der Waals surface area contributed by atoms with Crippen molar-refractivity contribution in [3.05, 3.63) is 85.1 Å². The van der Waals surface area contributed by atoms with Gasteiger partial charge >= 0.3 is 11.9 Å². The number of unbranched alkanes of at least 4 members (excludes halogenated alkanes) is 59. The Kier molecular flexibility index (Phi) is 85.1. The van der Waals surface area contributed by atoms with E-state index in [4.69, 9.17) is 18.9 Å². The maximum absolute atomic E-state index is 13.0. The van der Waals surface area contributed by atoms with Crippen LogP contribution in [0.3, 0.4) is 0 Å². The number of carboxylic acid groups (broad SMARTS) is 1. The maximum Gasteiger partial charge on any atom is 0.306 e. The Morgan fingerprint density at radius 2 is 0.533 bits per heavy atom. The van der Waals surface area contributed by atoms with Crippen LogP contribution < -0.4 is 5.11 Å². The van der Waals surface area contributed by atoms with Gasteiger partial charge in [0.15, 0.2) is 12.4 Å². The molecule has 0 rings (SSSR count). The number of rotatable bonds is 88. The van der Waals surface area contributed by atoms with Crippen LogP contribution in [-0.4, -0.2) is 82.3 Å². The summed E-state index contributed by atoms with van der Waals surface area (Å²) in [6.45, 7) is 4.70. The average molecular weight is 1500 g/mol. The zero-order valence-corrected chi connectivity index (χ0v) is 71.8. The summed E-state index contributed by atoms with van der Waals surface area (Å²) >= 11 is 0. The van der Waals surface area contributed by atoms with E-state index in [9.17, 15) is 19.5 Å². The van der Waals surface area contributed by atoms with Crippen LogP contribution in [0.2, 0.25) is 0 Å². The van der Waals surface area contributed by atoms with Gasteiger partial charge in [-0.3, -0.25) is 9.59 Å². The molecule has 2 atom stereocenters. The number of carbonyl (C=O) groups excluding carboxylic acids is 3. The molecule has 0 aromatic heterocycles. The second kappa shape index (κ2) is 88.0. The number of ether oxygens (including phenoxy) is 4. The minimum atomic E-state index is -1.62. The lowest BCUT2D eigenvalue weighted by atomic mass is 10.0. The molecule has 9 heteroatoms. The van der Waals surface area contributed by atoms with Gasteiger partial charge in [0.25, 0.3) is 0 Å². The van der Waals surface area contributed by atoms with Gasteiger partial charge in [-0.05, 0) is 89.9 Å². The molecule has 0 fully saturated rings. The van der Waals surface area contributed by atoms with Crippen molar-refractivity contribution >= 4 is 17.9 Å². The molecule has 0 heterocycles. The molecule has 624 valence electrons. The standard InChI is InChI=1S/C98H179NO8/c1-6-8-10-12-14-16-18-20-22-24-26-28-30-32-34-36-38-40-42-44-46-48-50-52-54-56-58-60-62-64-66-68-70-72-74-76-78-80-82-84-86-88-95(100)105-92-94(93-106-98(97(102)103)104-91-90-99(3,4)5)107-96(101)89-87-85-83-81-79-77-75-73-71-69-67-65-63-61-59-57-55-53-51-49-47-45-43-41-39-37-35-33-31-29-27-25-23-21-19-17-15-13-11-9-7-2/h9,11,15,17-18,20-21,23-24,26-27,29-30,32,94,98H,6-8,10,12-14,16,19,22,25,28,31,33-93H2,1-5H3/b11-9-,17-15-,20-18-,23-21-,26-24-,29-27-,32-30-. The van der Waals surface area contributed by atoms with Crippen LogP contribution in [0.1, 0.15) is 463 Å². The number of esters is 2. The highest BCUT2D eigenvalue weighted by Crippen LogP contribution is 2.21. The number of aliphatic carboxylic acids is 1. The largest absolute Gasteiger partial charge is 0.545 e. The SMILES string of the molecule is CC/C=C\C/C=C\C/C=C\C/C=C\CCCCCCCCCCCCCCCCCCCCCCCCCCCCCCC(=O)OC(COC(=O)CCCCCCCCCCCCCCCCCCCCCCCCCCCC/C=C\C/C=C\C/C=C\CCCCCCC)COC(OCC[N+](C)(C)C)C(=O)[O-]. The molecule has 0 aliphatic heterocycles. The van der Waals surface area contributed by atoms with Crippen LogP contribution in [0, 0.1) is 0 Å². The zero-order valence-electron chi connectivity index (χ0n) is 71.8. The lowest BCUT2D eigenvalue weighted by Gasteiger charge is -2.26. The van der Waals surface area contributed by atoms with E-state index in [-0.39, 0.29) is 32.2 Å². The van der Waals surface area contributed by atoms with Gasteiger partial charge in [-0.1, -0.05) is 446 Å². The summed E-state index contributed by atoms with van der Waals surface area (Å²) in [5.74, 6) is -2.25. The predicted octanol–water partition coefficient (Wildman–Crippen LogP) is 29.5. The first-order valence-electron chi connectivity index (χ1n) is 46.7. The van der Waals surface area contributed by atoms with E-state index in [0.29, 0.717) is 17.4 Å². The van der Waals surface area contributed by atoms with E-state index in [2.05, 4.69) is 98.9 Å². The van der Waals surface area contributed by atoms with E-state index < -0.39 is 24.3 Å². The van der Waals surface area contributed by atoms with Crippen molar-refractivity contribution in [1.29, 1.82) is 0 Å². The molecule has 0 spiro atoms. The van der Waals surface area contributed by atoms with Gasteiger partial charge in [-0.25, -0.2) is 0 Å². The quantitative estimate of drug-likeness (QED) is 0.0195. The Morgan fingerprint density at radius 1 is 0.290 bits per heavy atom. The predicted molar refractivity (Wildman–Crippen MR) is 463 cm³/mol. The van der Waals surface area contributed by atoms with Crippen molar-refractivity contribution in [2.75, 3.05) is 47.5 Å². The molecular weight excluding hydrogens is 1320 g/mol. The van der Waals surface area contributed by atoms with Gasteiger partial charge in [0.05, 0.1) is 40.3 Å². The highest BCUT2D eigenvalue weighted by Gasteiger charge is 2.22. The van der Waals surface area contributed by atoms with E-state index in [0.717, 1.165) is 77.0 Å². The summed E-state index contributed by atoms with van der Waals surface area (Å²) < 4.78 is 22.9. The summed E-state index contributed by atoms with van der Waals surface area (Å²) in [7, 11) is 5.96. The van der Waals surface area contributed by atoms with E-state index in [1.807, 2.05) is 21.1 Å². The number of quaternary nitrogens is 1. The normalized spacial score (nSPS) is 12.9. The molecule has 0 N–H and O–H groups in total. The van der Waals surface area contributed by atoms with Crippen molar-refractivity contribution in [1.82, 2.24) is 0 Å². The highest BCUT2D eigenvalue weighted by molar-refractivity contribution is 5.70. The Balaban J connectivity index is 3.88. The summed E-state index contributed by atoms with van der Waals surface area (Å²) in [5, 5.41) is 11.9. The second-order valence-electron chi connectivity index (χ2n) is 32.9. The smallest absolute Gasteiger partial charge is 0.306 e. The Bertz CT molecular complexity index is 2050. The van der Waals surface area contributed by atoms with Gasteiger partial charge in [0, 0.05) is 12.8 Å². The molecule has 0 bridgehead atoms. The molecule has 9 nitrogen and oxygen atoms in total. The number of hydrogen-bond donors (Lipinski definition) is 0. The first kappa shape index (κ1) is 103. The molecule has 0 saturated heterocycles. The number of likely N-dealkylation sites (N-methyl/N-ethyl adjacent to an activating group) is 1. The second-order valence-corrected chi connectivity index (χ2v) is 32.9. The van der Waals surface area contributed by atoms with Crippen molar-refractivity contribution in [2.24, 2.45) is 0 Å². The van der Waals surface area contributed by atoms with Crippen LogP contribution in [0.25, 0.3) is 0 Å². The van der Waals surface area contributed by atoms with Gasteiger partial charge < -0.3 is 33.3 Å². The summed E-state index contributed by atoms with van der Waals surface area (Å²) in [4.78, 5) is 37.7. The summed E-state index contributed by atoms with van der Waals surface area (Å²) in [6, 6.07) is 0. The summed E-state index contributed by atoms with van der Waals surface area (Å²) in [6.07, 6.45) is 119. The molecule has 0 amide bonds. The molecule has 0 aromatic carbocycles. The van der Waals surface area contributed by atoms with E-state index >= 15 is 0 Å². The fraction of sp³-hybridized carbons (Fsp3) is 0.827. The zero-order chi connectivity index (χ0) is 77.4. The monoisotopic (exact) mass is 1500 g/mol. The third kappa shape index (κ3) is 89.6. The molecule has 0 radical (unpaired) electrons. The molecule has 0 aliphatic carbocycles. The average Bonchev–Trinajstić information content (AvgIpc) is 0.965. The lowest BCUT2D eigenvalue weighted by Crippen LogP contribution is -2.44. The van der Waals surface area contributed by atoms with E-state index in [1.165, 1.54) is 360 Å². The lowest BCUT2D eigenvalue weighted by molar-refractivity contribution is -0.870. The maximum atomic E-state index is 13.0. The molecule has 0 aliphatic rings. The van der Waals surface area contributed by atoms with Crippen molar-refractivity contribution in [2.45, 2.75) is 476 Å². The third-order valence-electron chi connectivity index (χ3n) is 21.1. The first-order valence-corrected chi connectivity index (χ1v) is 46.7. The third-order valence-corrected chi connectivity index (χ3v) is 21.1. The number of hydrogen-bond acceptors (Lipinski definition) is 8. The minimum Gasteiger partial charge on any atom is -0.545 e. The van der Waals surface area contributed by atoms with Crippen LogP contribution in [0.15, 0.2) is 85.1 Å². The molecule has 2 unspecified atom stereocenters. The highest BCUT2D eigenvalue weighted by atomic mass is 16.7. The molecule has 107 heavy (non-hydrogen) atoms. The van der Waals surface area contributed by atoms with Crippen molar-refractivity contribution in [3.63, 3.8) is 0 Å². The van der Waals surface area contributed by atoms with Gasteiger partial charge in [-0.2, -0.15) is 0 Å². The van der Waals surface area contributed by atoms with Gasteiger partial charge in [0.2, 0.25) is 0 Å². The van der Waals surface area contributed by atoms with Crippen LogP contribution in [0.5, 0.6) is 0 Å². The molecule has 0 aromatic rings. The number of nitrogens with zero attached hydrogens (tertiary/aromatic N) is 1. The van der Waals surface area contributed by atoms with Gasteiger partial charge in [-0.15, -0.1) is 0 Å². The number of allylic oxidation sites excluding steroid dienone is 14. The molecular formula is C98H179NO8. The van der Waals surface area contributed by atoms with Crippen LogP contribution in [0.4, 0.5) is 0 Å². The first-order chi connectivity index (χ1) is 52.6. The fourth-order valence-electron chi connectivity index (χ4n) is 14.1. The minimum absolute atomic E-state index is 0.150. The number of carbonyl (C=O) groups is 3.